The zero-order chi connectivity index (χ0) is 27.0. The fourth-order valence-corrected chi connectivity index (χ4v) is 4.92. The highest BCUT2D eigenvalue weighted by molar-refractivity contribution is 5.90. The van der Waals surface area contributed by atoms with Gasteiger partial charge < -0.3 is 32.8 Å². The van der Waals surface area contributed by atoms with Gasteiger partial charge in [-0.25, -0.2) is 0 Å². The molecule has 3 aromatic carbocycles. The first-order valence-corrected chi connectivity index (χ1v) is 11.8. The van der Waals surface area contributed by atoms with Crippen LogP contribution in [0.3, 0.4) is 0 Å². The van der Waals surface area contributed by atoms with Gasteiger partial charge in [0, 0.05) is 17.0 Å². The molecule has 38 heavy (non-hydrogen) atoms. The Morgan fingerprint density at radius 3 is 2.16 bits per heavy atom. The van der Waals surface area contributed by atoms with E-state index in [0.29, 0.717) is 67.7 Å². The molecule has 4 aromatic rings. The SMILES string of the molecule is COc1ccc(-c2coc3c4c(ccc3c2=O)OC(=O)CC4c2ccc(OC)c(OC)c2OC)cc1OC. The summed E-state index contributed by atoms with van der Waals surface area (Å²) in [6.45, 7) is 0. The molecular formula is C29H26O9. The topological polar surface area (TPSA) is 103 Å². The van der Waals surface area contributed by atoms with Gasteiger partial charge in [0.05, 0.1) is 52.9 Å². The Labute approximate surface area is 218 Å². The summed E-state index contributed by atoms with van der Waals surface area (Å²) >= 11 is 0. The molecule has 1 atom stereocenters. The number of benzene rings is 3. The van der Waals surface area contributed by atoms with E-state index in [-0.39, 0.29) is 11.8 Å². The maximum Gasteiger partial charge on any atom is 0.312 e. The van der Waals surface area contributed by atoms with Gasteiger partial charge in [-0.15, -0.1) is 0 Å². The number of hydrogen-bond donors (Lipinski definition) is 0. The van der Waals surface area contributed by atoms with Crippen molar-refractivity contribution in [2.45, 2.75) is 12.3 Å². The molecule has 0 radical (unpaired) electrons. The number of carbonyl (C=O) groups is 1. The Morgan fingerprint density at radius 2 is 1.47 bits per heavy atom. The lowest BCUT2D eigenvalue weighted by Gasteiger charge is -2.27. The number of methoxy groups -OCH3 is 5. The number of carbonyl (C=O) groups excluding carboxylic acids is 1. The van der Waals surface area contributed by atoms with Crippen molar-refractivity contribution < 1.29 is 37.6 Å². The average molecular weight is 519 g/mol. The summed E-state index contributed by atoms with van der Waals surface area (Å²) in [5.74, 6) is 1.70. The molecule has 0 spiro atoms. The summed E-state index contributed by atoms with van der Waals surface area (Å²) in [6, 6.07) is 12.0. The lowest BCUT2D eigenvalue weighted by molar-refractivity contribution is -0.135. The van der Waals surface area contributed by atoms with Gasteiger partial charge in [-0.05, 0) is 35.9 Å². The molecule has 1 unspecified atom stereocenters. The van der Waals surface area contributed by atoms with Crippen LogP contribution < -0.4 is 33.8 Å². The van der Waals surface area contributed by atoms with E-state index in [1.807, 2.05) is 6.07 Å². The van der Waals surface area contributed by atoms with Gasteiger partial charge in [0.15, 0.2) is 23.0 Å². The Morgan fingerprint density at radius 1 is 0.763 bits per heavy atom. The quantitative estimate of drug-likeness (QED) is 0.248. The minimum absolute atomic E-state index is 0.0130. The van der Waals surface area contributed by atoms with Gasteiger partial charge in [-0.1, -0.05) is 12.1 Å². The van der Waals surface area contributed by atoms with E-state index in [1.54, 1.807) is 43.5 Å². The van der Waals surface area contributed by atoms with E-state index < -0.39 is 11.9 Å². The van der Waals surface area contributed by atoms with Crippen LogP contribution in [0.25, 0.3) is 22.1 Å². The fraction of sp³-hybridized carbons (Fsp3) is 0.241. The second-order valence-electron chi connectivity index (χ2n) is 8.56. The van der Waals surface area contributed by atoms with Crippen molar-refractivity contribution >= 4 is 16.9 Å². The molecule has 0 saturated heterocycles. The van der Waals surface area contributed by atoms with Crippen molar-refractivity contribution in [1.82, 2.24) is 0 Å². The third kappa shape index (κ3) is 3.96. The zero-order valence-electron chi connectivity index (χ0n) is 21.6. The molecule has 0 amide bonds. The Bertz CT molecular complexity index is 1600. The molecule has 2 heterocycles. The molecular weight excluding hydrogens is 492 g/mol. The molecule has 196 valence electrons. The summed E-state index contributed by atoms with van der Waals surface area (Å²) in [5.41, 5.74) is 2.29. The van der Waals surface area contributed by atoms with Gasteiger partial charge in [-0.2, -0.15) is 0 Å². The third-order valence-electron chi connectivity index (χ3n) is 6.69. The van der Waals surface area contributed by atoms with Crippen molar-refractivity contribution in [2.75, 3.05) is 35.5 Å². The Hall–Kier alpha value is -4.66. The van der Waals surface area contributed by atoms with E-state index in [2.05, 4.69) is 0 Å². The van der Waals surface area contributed by atoms with E-state index in [0.717, 1.165) is 0 Å². The van der Waals surface area contributed by atoms with Crippen molar-refractivity contribution in [3.8, 4) is 45.6 Å². The van der Waals surface area contributed by atoms with Crippen LogP contribution >= 0.6 is 0 Å². The fourth-order valence-electron chi connectivity index (χ4n) is 4.92. The number of fused-ring (bicyclic) bond motifs is 3. The smallest absolute Gasteiger partial charge is 0.312 e. The van der Waals surface area contributed by atoms with Crippen LogP contribution in [0.2, 0.25) is 0 Å². The average Bonchev–Trinajstić information content (AvgIpc) is 2.95. The maximum atomic E-state index is 13.7. The highest BCUT2D eigenvalue weighted by Gasteiger charge is 2.35. The van der Waals surface area contributed by atoms with Crippen molar-refractivity contribution in [3.63, 3.8) is 0 Å². The predicted octanol–water partition coefficient (Wildman–Crippen LogP) is 4.94. The highest BCUT2D eigenvalue weighted by Crippen LogP contribution is 2.49. The standard InChI is InChI=1S/C29H26O9/c1-32-20-9-6-15(12-23(20)34-3)19-14-37-27-17(26(19)31)8-10-21-25(27)18(13-24(30)38-21)16-7-11-22(33-2)29(36-5)28(16)35-4/h6-12,14,18H,13H2,1-5H3. The number of hydrogen-bond acceptors (Lipinski definition) is 9. The van der Waals surface area contributed by atoms with E-state index in [9.17, 15) is 9.59 Å². The van der Waals surface area contributed by atoms with Crippen LogP contribution in [0.1, 0.15) is 23.5 Å². The molecule has 0 bridgehead atoms. The molecule has 9 heteroatoms. The minimum atomic E-state index is -0.528. The maximum absolute atomic E-state index is 13.7. The van der Waals surface area contributed by atoms with E-state index in [1.165, 1.54) is 34.7 Å². The summed E-state index contributed by atoms with van der Waals surface area (Å²) in [6.07, 6.45) is 1.42. The first-order valence-electron chi connectivity index (χ1n) is 11.8. The molecule has 9 nitrogen and oxygen atoms in total. The van der Waals surface area contributed by atoms with E-state index in [4.69, 9.17) is 32.8 Å². The van der Waals surface area contributed by atoms with Gasteiger partial charge in [-0.3, -0.25) is 9.59 Å². The van der Waals surface area contributed by atoms with Gasteiger partial charge in [0.2, 0.25) is 11.2 Å². The normalized spacial score (nSPS) is 14.4. The second kappa shape index (κ2) is 10.0. The molecule has 1 aliphatic rings. The van der Waals surface area contributed by atoms with Crippen molar-refractivity contribution in [3.05, 3.63) is 70.1 Å². The Balaban J connectivity index is 1.72. The second-order valence-corrected chi connectivity index (χ2v) is 8.56. The van der Waals surface area contributed by atoms with Crippen LogP contribution in [0.15, 0.2) is 57.9 Å². The van der Waals surface area contributed by atoms with Crippen LogP contribution in [-0.2, 0) is 4.79 Å². The summed E-state index contributed by atoms with van der Waals surface area (Å²) in [7, 11) is 7.63. The summed E-state index contributed by atoms with van der Waals surface area (Å²) in [4.78, 5) is 26.3. The lowest BCUT2D eigenvalue weighted by Crippen LogP contribution is -2.22. The molecule has 0 saturated carbocycles. The predicted molar refractivity (Wildman–Crippen MR) is 139 cm³/mol. The van der Waals surface area contributed by atoms with Crippen LogP contribution in [0, 0.1) is 0 Å². The van der Waals surface area contributed by atoms with Gasteiger partial charge in [0.1, 0.15) is 17.6 Å². The first kappa shape index (κ1) is 25.0. The summed E-state index contributed by atoms with van der Waals surface area (Å²) < 4.78 is 39.0. The molecule has 0 aliphatic carbocycles. The molecule has 1 aromatic heterocycles. The Kier molecular flexibility index (Phi) is 6.59. The zero-order valence-corrected chi connectivity index (χ0v) is 21.6. The van der Waals surface area contributed by atoms with Gasteiger partial charge in [0.25, 0.3) is 0 Å². The molecule has 1 aliphatic heterocycles. The molecule has 0 fully saturated rings. The lowest BCUT2D eigenvalue weighted by atomic mass is 9.84. The van der Waals surface area contributed by atoms with Crippen molar-refractivity contribution in [1.29, 1.82) is 0 Å². The number of ether oxygens (including phenoxy) is 6. The first-order chi connectivity index (χ1) is 18.4. The number of rotatable bonds is 7. The van der Waals surface area contributed by atoms with Crippen LogP contribution in [0.5, 0.6) is 34.5 Å². The van der Waals surface area contributed by atoms with Gasteiger partial charge >= 0.3 is 5.97 Å². The monoisotopic (exact) mass is 518 g/mol. The minimum Gasteiger partial charge on any atom is -0.493 e. The van der Waals surface area contributed by atoms with E-state index >= 15 is 0 Å². The van der Waals surface area contributed by atoms with Crippen LogP contribution in [-0.4, -0.2) is 41.5 Å². The summed E-state index contributed by atoms with van der Waals surface area (Å²) in [5, 5.41) is 0.346. The highest BCUT2D eigenvalue weighted by atomic mass is 16.5. The largest absolute Gasteiger partial charge is 0.493 e. The van der Waals surface area contributed by atoms with Crippen molar-refractivity contribution in [2.24, 2.45) is 0 Å². The third-order valence-corrected chi connectivity index (χ3v) is 6.69. The van der Waals surface area contributed by atoms with Crippen LogP contribution in [0.4, 0.5) is 0 Å². The number of esters is 1. The molecule has 5 rings (SSSR count). The molecule has 0 N–H and O–H groups in total.